The molecule has 4 rings (SSSR count). The van der Waals surface area contributed by atoms with Gasteiger partial charge in [0.25, 0.3) is 5.37 Å². The van der Waals surface area contributed by atoms with E-state index in [1.807, 2.05) is 17.4 Å². The maximum Gasteiger partial charge on any atom is 0.353 e. The number of carbonyl (C=O) groups is 1. The lowest BCUT2D eigenvalue weighted by molar-refractivity contribution is -0.580. The fraction of sp³-hybridized carbons (Fsp3) is 0.0556. The largest absolute Gasteiger partial charge is 0.353 e. The standard InChI is InChI=1S/C18H15N3O3S2/c1-26(23,24)21-10-14(13-6-2-3-7-16(13)21)17(22)15-11-25-18(20-15)12-5-4-8-19-9-12/h2-11H,20H2,1H3. The molecule has 0 aliphatic carbocycles. The fourth-order valence-corrected chi connectivity index (χ4v) is 4.57. The van der Waals surface area contributed by atoms with Gasteiger partial charge in [-0.1, -0.05) is 18.3 Å². The first kappa shape index (κ1) is 16.8. The number of hydrogen-bond acceptors (Lipinski definition) is 4. The van der Waals surface area contributed by atoms with E-state index < -0.39 is 10.0 Å². The van der Waals surface area contributed by atoms with Crippen molar-refractivity contribution < 1.29 is 22.5 Å². The summed E-state index contributed by atoms with van der Waals surface area (Å²) in [6, 6.07) is 11.3. The van der Waals surface area contributed by atoms with Crippen LogP contribution in [0.3, 0.4) is 0 Å². The van der Waals surface area contributed by atoms with Gasteiger partial charge in [-0.25, -0.2) is 0 Å². The first-order chi connectivity index (χ1) is 12.4. The molecular weight excluding hydrogens is 370 g/mol. The van der Waals surface area contributed by atoms with E-state index >= 15 is 0 Å². The molecule has 0 radical (unpaired) electrons. The van der Waals surface area contributed by atoms with Crippen molar-refractivity contribution in [2.75, 3.05) is 6.26 Å². The number of para-hydroxylation sites is 1. The molecule has 2 N–H and O–H groups in total. The SMILES string of the molecule is CS(=O)(=O)[n+]1cc(C(=O)[C-]2C=[S+][C-](c3cccnc3)[NH2+]2)c2cccc[c-]21. The highest BCUT2D eigenvalue weighted by Gasteiger charge is 2.33. The van der Waals surface area contributed by atoms with Gasteiger partial charge in [-0.05, 0) is 22.7 Å². The van der Waals surface area contributed by atoms with Crippen LogP contribution < -0.4 is 9.29 Å². The quantitative estimate of drug-likeness (QED) is 0.221. The van der Waals surface area contributed by atoms with Gasteiger partial charge in [0.2, 0.25) is 0 Å². The van der Waals surface area contributed by atoms with Gasteiger partial charge in [-0.3, -0.25) is 0 Å². The lowest BCUT2D eigenvalue weighted by Crippen LogP contribution is -2.86. The molecule has 0 fully saturated rings. The zero-order valence-corrected chi connectivity index (χ0v) is 15.4. The van der Waals surface area contributed by atoms with Gasteiger partial charge in [-0.15, -0.1) is 24.3 Å². The average molecular weight is 385 g/mol. The van der Waals surface area contributed by atoms with Crippen LogP contribution in [0.1, 0.15) is 15.9 Å². The Morgan fingerprint density at radius 1 is 1.27 bits per heavy atom. The summed E-state index contributed by atoms with van der Waals surface area (Å²) in [5.74, 6) is -0.199. The highest BCUT2D eigenvalue weighted by molar-refractivity contribution is 7.84. The molecule has 0 amide bonds. The molecular formula is C18H15N3O3S2. The van der Waals surface area contributed by atoms with Crippen molar-refractivity contribution in [3.8, 4) is 0 Å². The van der Waals surface area contributed by atoms with Gasteiger partial charge in [-0.2, -0.15) is 12.4 Å². The van der Waals surface area contributed by atoms with Crippen LogP contribution in [-0.4, -0.2) is 30.8 Å². The van der Waals surface area contributed by atoms with Crippen LogP contribution >= 0.6 is 0 Å². The summed E-state index contributed by atoms with van der Waals surface area (Å²) in [6.45, 7) is 0. The van der Waals surface area contributed by atoms with E-state index in [1.54, 1.807) is 42.0 Å². The molecule has 0 unspecified atom stereocenters. The van der Waals surface area contributed by atoms with Crippen LogP contribution in [-0.2, 0) is 21.4 Å². The minimum atomic E-state index is -3.50. The third-order valence-corrected chi connectivity index (χ3v) is 6.08. The van der Waals surface area contributed by atoms with E-state index in [2.05, 4.69) is 4.98 Å². The summed E-state index contributed by atoms with van der Waals surface area (Å²) in [6.07, 6.45) is 5.97. The van der Waals surface area contributed by atoms with Crippen molar-refractivity contribution in [2.24, 2.45) is 0 Å². The Hall–Kier alpha value is -2.68. The summed E-state index contributed by atoms with van der Waals surface area (Å²) < 4.78 is 25.3. The number of pyridine rings is 1. The van der Waals surface area contributed by atoms with Gasteiger partial charge in [0.15, 0.2) is 22.2 Å². The van der Waals surface area contributed by atoms with Crippen molar-refractivity contribution in [1.29, 1.82) is 0 Å². The molecule has 0 saturated heterocycles. The van der Waals surface area contributed by atoms with E-state index in [9.17, 15) is 13.2 Å². The zero-order chi connectivity index (χ0) is 18.3. The molecule has 0 atom stereocenters. The molecule has 26 heavy (non-hydrogen) atoms. The lowest BCUT2D eigenvalue weighted by Gasteiger charge is -2.12. The number of aromatic nitrogens is 2. The van der Waals surface area contributed by atoms with Crippen LogP contribution in [0.5, 0.6) is 0 Å². The molecule has 2 aromatic heterocycles. The van der Waals surface area contributed by atoms with Crippen molar-refractivity contribution >= 4 is 43.4 Å². The number of ketones is 1. The smallest absolute Gasteiger partial charge is 0.345 e. The second-order valence-corrected chi connectivity index (χ2v) is 8.66. The first-order valence-electron chi connectivity index (χ1n) is 7.79. The Balaban J connectivity index is 1.69. The summed E-state index contributed by atoms with van der Waals surface area (Å²) in [7, 11) is -3.50. The summed E-state index contributed by atoms with van der Waals surface area (Å²) in [5.41, 5.74) is 1.82. The molecule has 6 nitrogen and oxygen atoms in total. The van der Waals surface area contributed by atoms with Crippen molar-refractivity contribution in [2.45, 2.75) is 0 Å². The molecule has 1 aliphatic heterocycles. The number of quaternary nitrogens is 1. The average Bonchev–Trinajstić information content (AvgIpc) is 3.27. The third kappa shape index (κ3) is 2.88. The number of rotatable bonds is 4. The topological polar surface area (TPSA) is 84.6 Å². The van der Waals surface area contributed by atoms with Crippen LogP contribution in [0, 0.1) is 11.4 Å². The Labute approximate surface area is 154 Å². The van der Waals surface area contributed by atoms with E-state index in [4.69, 9.17) is 0 Å². The molecule has 0 spiro atoms. The van der Waals surface area contributed by atoms with E-state index in [1.165, 1.54) is 17.5 Å². The predicted octanol–water partition coefficient (Wildman–Crippen LogP) is -0.237. The highest BCUT2D eigenvalue weighted by Crippen LogP contribution is 2.21. The fourth-order valence-electron chi connectivity index (χ4n) is 2.88. The molecule has 0 bridgehead atoms. The second kappa shape index (κ2) is 6.24. The van der Waals surface area contributed by atoms with Crippen molar-refractivity contribution in [3.63, 3.8) is 0 Å². The van der Waals surface area contributed by atoms with Crippen LogP contribution in [0.15, 0.2) is 55.0 Å². The maximum atomic E-state index is 13.0. The predicted molar refractivity (Wildman–Crippen MR) is 99.5 cm³/mol. The zero-order valence-electron chi connectivity index (χ0n) is 13.8. The number of Topliss-reactive ketones (excluding diaryl/α,β-unsaturated/α-hetero) is 1. The Morgan fingerprint density at radius 2 is 2.12 bits per heavy atom. The lowest BCUT2D eigenvalue weighted by atomic mass is 10.0. The van der Waals surface area contributed by atoms with Crippen LogP contribution in [0.25, 0.3) is 10.9 Å². The monoisotopic (exact) mass is 385 g/mol. The third-order valence-electron chi connectivity index (χ3n) is 4.09. The molecule has 1 aromatic carbocycles. The number of benzene rings is 1. The summed E-state index contributed by atoms with van der Waals surface area (Å²) in [4.78, 5) is 17.1. The van der Waals surface area contributed by atoms with E-state index in [0.29, 0.717) is 22.5 Å². The number of nitrogens with zero attached hydrogens (tertiary/aromatic N) is 2. The maximum absolute atomic E-state index is 13.0. The van der Waals surface area contributed by atoms with Crippen LogP contribution in [0.4, 0.5) is 0 Å². The number of fused-ring (bicyclic) bond motifs is 1. The van der Waals surface area contributed by atoms with Crippen molar-refractivity contribution in [3.05, 3.63) is 77.5 Å². The van der Waals surface area contributed by atoms with Crippen LogP contribution in [0.2, 0.25) is 0 Å². The van der Waals surface area contributed by atoms with Gasteiger partial charge in [0, 0.05) is 0 Å². The molecule has 0 saturated carbocycles. The first-order valence-corrected chi connectivity index (χ1v) is 10.5. The van der Waals surface area contributed by atoms with Gasteiger partial charge < -0.3 is 15.1 Å². The molecule has 1 aliphatic rings. The van der Waals surface area contributed by atoms with Gasteiger partial charge >= 0.3 is 10.0 Å². The summed E-state index contributed by atoms with van der Waals surface area (Å²) >= 11 is 1.46. The second-order valence-electron chi connectivity index (χ2n) is 5.89. The van der Waals surface area contributed by atoms with Gasteiger partial charge in [0.1, 0.15) is 12.0 Å². The Kier molecular flexibility index (Phi) is 4.03. The minimum absolute atomic E-state index is 0.199. The molecule has 3 heterocycles. The number of hydrogen-bond donors (Lipinski definition) is 1. The molecule has 3 aromatic rings. The molecule has 132 valence electrons. The Bertz CT molecular complexity index is 1120. The minimum Gasteiger partial charge on any atom is -0.345 e. The normalized spacial score (nSPS) is 14.3. The highest BCUT2D eigenvalue weighted by atomic mass is 32.2. The Morgan fingerprint density at radius 3 is 2.85 bits per heavy atom. The van der Waals surface area contributed by atoms with Gasteiger partial charge in [0.05, 0.1) is 12.3 Å². The van der Waals surface area contributed by atoms with E-state index in [0.717, 1.165) is 21.2 Å². The summed E-state index contributed by atoms with van der Waals surface area (Å²) in [5, 5.41) is 5.17. The van der Waals surface area contributed by atoms with Crippen molar-refractivity contribution in [1.82, 2.24) is 4.98 Å². The van der Waals surface area contributed by atoms with E-state index in [-0.39, 0.29) is 5.78 Å². The molecule has 8 heteroatoms. The number of carbonyl (C=O) groups excluding carboxylic acids is 1. The number of nitrogens with two attached hydrogens (primary N) is 1.